The summed E-state index contributed by atoms with van der Waals surface area (Å²) in [5.74, 6) is -0.866. The lowest BCUT2D eigenvalue weighted by atomic mass is 9.91. The van der Waals surface area contributed by atoms with Gasteiger partial charge in [0.25, 0.3) is 5.91 Å². The average Bonchev–Trinajstić information content (AvgIpc) is 2.87. The van der Waals surface area contributed by atoms with Crippen molar-refractivity contribution in [1.29, 1.82) is 0 Å². The van der Waals surface area contributed by atoms with Crippen molar-refractivity contribution >= 4 is 11.8 Å². The van der Waals surface area contributed by atoms with Gasteiger partial charge >= 0.3 is 0 Å². The summed E-state index contributed by atoms with van der Waals surface area (Å²) in [6.45, 7) is 3.44. The fourth-order valence-electron chi connectivity index (χ4n) is 4.13. The minimum atomic E-state index is -1.62. The molecule has 3 N–H and O–H groups in total. The third-order valence-electron chi connectivity index (χ3n) is 5.97. The summed E-state index contributed by atoms with van der Waals surface area (Å²) in [4.78, 5) is 31.0. The van der Waals surface area contributed by atoms with Crippen LogP contribution in [0.25, 0.3) is 0 Å². The van der Waals surface area contributed by atoms with Crippen LogP contribution in [0.3, 0.4) is 0 Å². The number of aromatic nitrogens is 1. The maximum Gasteiger partial charge on any atom is 0.272 e. The highest BCUT2D eigenvalue weighted by Gasteiger charge is 2.36. The molecule has 1 aliphatic heterocycles. The summed E-state index contributed by atoms with van der Waals surface area (Å²) in [5.41, 5.74) is 2.54. The van der Waals surface area contributed by atoms with Crippen LogP contribution in [0.1, 0.15) is 38.2 Å². The van der Waals surface area contributed by atoms with Gasteiger partial charge in [0.05, 0.1) is 12.5 Å². The molecule has 1 aromatic carbocycles. The molecule has 0 radical (unpaired) electrons. The van der Waals surface area contributed by atoms with Gasteiger partial charge in [-0.25, -0.2) is 10.5 Å². The van der Waals surface area contributed by atoms with E-state index in [4.69, 9.17) is 14.7 Å². The third-order valence-corrected chi connectivity index (χ3v) is 5.97. The van der Waals surface area contributed by atoms with Crippen molar-refractivity contribution in [2.45, 2.75) is 51.2 Å². The minimum Gasteiger partial charge on any atom is -0.494 e. The number of carbonyl (C=O) groups excluding carboxylic acids is 2. The van der Waals surface area contributed by atoms with E-state index in [-0.39, 0.29) is 12.0 Å². The number of aliphatic hydroxyl groups is 1. The van der Waals surface area contributed by atoms with Crippen LogP contribution in [-0.2, 0) is 16.0 Å². The Hall–Kier alpha value is -3.17. The van der Waals surface area contributed by atoms with Crippen LogP contribution in [0, 0.1) is 5.92 Å². The normalized spacial score (nSPS) is 15.9. The smallest absolute Gasteiger partial charge is 0.272 e. The number of hydrogen-bond acceptors (Lipinski definition) is 7. The molecule has 1 aromatic heterocycles. The number of aliphatic hydroxyl groups excluding tert-OH is 1. The standard InChI is InChI=1S/C25H33N3O6/c1-2-33-19-11-9-18(10-12-19)6-5-7-21(23(29)24(30)27-32)25(31)28-16-13-20(14-17-28)34-22-8-3-4-15-26-22/h3-4,8-12,15,20-21,23,29,32H,2,5-7,13-14,16-17H2,1H3,(H,27,30)/t21-,23+/m1/s1. The summed E-state index contributed by atoms with van der Waals surface area (Å²) in [5, 5.41) is 19.4. The molecule has 0 aliphatic carbocycles. The summed E-state index contributed by atoms with van der Waals surface area (Å²) in [7, 11) is 0. The second-order valence-corrected chi connectivity index (χ2v) is 8.31. The van der Waals surface area contributed by atoms with E-state index >= 15 is 0 Å². The zero-order chi connectivity index (χ0) is 24.3. The van der Waals surface area contributed by atoms with Gasteiger partial charge in [0.1, 0.15) is 18.0 Å². The molecule has 34 heavy (non-hydrogen) atoms. The van der Waals surface area contributed by atoms with Gasteiger partial charge in [0, 0.05) is 38.2 Å². The fraction of sp³-hybridized carbons (Fsp3) is 0.480. The summed E-state index contributed by atoms with van der Waals surface area (Å²) >= 11 is 0. The Morgan fingerprint density at radius 3 is 2.53 bits per heavy atom. The number of benzene rings is 1. The third kappa shape index (κ3) is 7.16. The number of nitrogens with one attached hydrogen (secondary N) is 1. The monoisotopic (exact) mass is 471 g/mol. The van der Waals surface area contributed by atoms with Gasteiger partial charge in [-0.3, -0.25) is 14.8 Å². The summed E-state index contributed by atoms with van der Waals surface area (Å²) < 4.78 is 11.3. The molecule has 2 amide bonds. The molecule has 0 bridgehead atoms. The number of hydrogen-bond donors (Lipinski definition) is 3. The molecule has 184 valence electrons. The SMILES string of the molecule is CCOc1ccc(CCC[C@@H](C(=O)N2CCC(Oc3ccccn3)CC2)[C@H](O)C(=O)NO)cc1. The number of likely N-dealkylation sites (tertiary alicyclic amines) is 1. The lowest BCUT2D eigenvalue weighted by Crippen LogP contribution is -2.49. The Labute approximate surface area is 199 Å². The molecule has 2 atom stereocenters. The van der Waals surface area contributed by atoms with E-state index in [1.807, 2.05) is 43.3 Å². The number of ether oxygens (including phenoxy) is 2. The largest absolute Gasteiger partial charge is 0.494 e. The molecule has 1 fully saturated rings. The highest BCUT2D eigenvalue weighted by atomic mass is 16.5. The molecule has 1 aliphatic rings. The van der Waals surface area contributed by atoms with E-state index in [0.29, 0.717) is 57.7 Å². The van der Waals surface area contributed by atoms with Crippen LogP contribution >= 0.6 is 0 Å². The second kappa shape index (κ2) is 12.9. The van der Waals surface area contributed by atoms with Crippen molar-refractivity contribution in [2.24, 2.45) is 5.92 Å². The zero-order valence-electron chi connectivity index (χ0n) is 19.4. The van der Waals surface area contributed by atoms with Gasteiger partial charge in [-0.2, -0.15) is 0 Å². The van der Waals surface area contributed by atoms with E-state index in [1.165, 1.54) is 5.48 Å². The van der Waals surface area contributed by atoms with Crippen LogP contribution < -0.4 is 15.0 Å². The summed E-state index contributed by atoms with van der Waals surface area (Å²) in [6, 6.07) is 13.2. The Balaban J connectivity index is 1.55. The molecule has 2 aromatic rings. The average molecular weight is 472 g/mol. The van der Waals surface area contributed by atoms with E-state index < -0.39 is 17.9 Å². The number of aryl methyl sites for hydroxylation is 1. The highest BCUT2D eigenvalue weighted by molar-refractivity contribution is 5.88. The Bertz CT molecular complexity index is 901. The maximum absolute atomic E-state index is 13.2. The molecule has 2 heterocycles. The topological polar surface area (TPSA) is 121 Å². The van der Waals surface area contributed by atoms with Gasteiger partial charge in [-0.05, 0) is 49.9 Å². The lowest BCUT2D eigenvalue weighted by Gasteiger charge is -2.35. The molecule has 0 saturated carbocycles. The first kappa shape index (κ1) is 25.5. The number of pyridine rings is 1. The van der Waals surface area contributed by atoms with Crippen molar-refractivity contribution in [1.82, 2.24) is 15.4 Å². The molecule has 0 unspecified atom stereocenters. The number of amides is 2. The van der Waals surface area contributed by atoms with Crippen molar-refractivity contribution in [3.8, 4) is 11.6 Å². The van der Waals surface area contributed by atoms with Crippen LogP contribution in [0.5, 0.6) is 11.6 Å². The van der Waals surface area contributed by atoms with E-state index in [0.717, 1.165) is 11.3 Å². The highest BCUT2D eigenvalue weighted by Crippen LogP contribution is 2.23. The van der Waals surface area contributed by atoms with Gasteiger partial charge in [0.2, 0.25) is 11.8 Å². The van der Waals surface area contributed by atoms with Crippen molar-refractivity contribution < 1.29 is 29.4 Å². The van der Waals surface area contributed by atoms with Crippen molar-refractivity contribution in [3.05, 3.63) is 54.2 Å². The quantitative estimate of drug-likeness (QED) is 0.340. The van der Waals surface area contributed by atoms with Crippen LogP contribution in [-0.4, -0.2) is 63.9 Å². The van der Waals surface area contributed by atoms with Crippen LogP contribution in [0.15, 0.2) is 48.7 Å². The number of carbonyl (C=O) groups is 2. The van der Waals surface area contributed by atoms with Gasteiger partial charge in [0.15, 0.2) is 0 Å². The van der Waals surface area contributed by atoms with Gasteiger partial charge < -0.3 is 19.5 Å². The maximum atomic E-state index is 13.2. The molecular weight excluding hydrogens is 438 g/mol. The van der Waals surface area contributed by atoms with Crippen molar-refractivity contribution in [3.63, 3.8) is 0 Å². The molecule has 9 heteroatoms. The zero-order valence-corrected chi connectivity index (χ0v) is 19.4. The number of nitrogens with zero attached hydrogens (tertiary/aromatic N) is 2. The predicted octanol–water partition coefficient (Wildman–Crippen LogP) is 2.36. The molecule has 3 rings (SSSR count). The first-order valence-electron chi connectivity index (χ1n) is 11.7. The predicted molar refractivity (Wildman–Crippen MR) is 124 cm³/mol. The first-order chi connectivity index (χ1) is 16.5. The minimum absolute atomic E-state index is 0.0530. The van der Waals surface area contributed by atoms with Crippen LogP contribution in [0.4, 0.5) is 0 Å². The fourth-order valence-corrected chi connectivity index (χ4v) is 4.13. The van der Waals surface area contributed by atoms with Crippen LogP contribution in [0.2, 0.25) is 0 Å². The molecule has 9 nitrogen and oxygen atoms in total. The van der Waals surface area contributed by atoms with Gasteiger partial charge in [-0.15, -0.1) is 0 Å². The number of hydroxylamine groups is 1. The second-order valence-electron chi connectivity index (χ2n) is 8.31. The lowest BCUT2D eigenvalue weighted by molar-refractivity contribution is -0.151. The molecule has 1 saturated heterocycles. The van der Waals surface area contributed by atoms with Crippen molar-refractivity contribution in [2.75, 3.05) is 19.7 Å². The van der Waals surface area contributed by atoms with E-state index in [9.17, 15) is 14.7 Å². The van der Waals surface area contributed by atoms with E-state index in [2.05, 4.69) is 4.98 Å². The molecule has 0 spiro atoms. The van der Waals surface area contributed by atoms with E-state index in [1.54, 1.807) is 17.2 Å². The Morgan fingerprint density at radius 1 is 1.18 bits per heavy atom. The Kier molecular flexibility index (Phi) is 9.66. The number of piperidine rings is 1. The molecular formula is C25H33N3O6. The first-order valence-corrected chi connectivity index (χ1v) is 11.7. The summed E-state index contributed by atoms with van der Waals surface area (Å²) in [6.07, 6.45) is 2.84. The Morgan fingerprint density at radius 2 is 1.91 bits per heavy atom. The van der Waals surface area contributed by atoms with Gasteiger partial charge in [-0.1, -0.05) is 18.2 Å². The number of rotatable bonds is 11.